The zero-order valence-electron chi connectivity index (χ0n) is 16.7. The number of amides is 3. The summed E-state index contributed by atoms with van der Waals surface area (Å²) in [5.41, 5.74) is 2.07. The van der Waals surface area contributed by atoms with E-state index in [1.807, 2.05) is 6.92 Å². The first kappa shape index (κ1) is 20.7. The van der Waals surface area contributed by atoms with Gasteiger partial charge in [0.1, 0.15) is 5.01 Å². The van der Waals surface area contributed by atoms with E-state index in [4.69, 9.17) is 0 Å². The van der Waals surface area contributed by atoms with E-state index in [-0.39, 0.29) is 23.5 Å². The first-order valence-corrected chi connectivity index (χ1v) is 12.3. The Morgan fingerprint density at radius 1 is 1.06 bits per heavy atom. The lowest BCUT2D eigenvalue weighted by Gasteiger charge is -2.13. The lowest BCUT2D eigenvalue weighted by Crippen LogP contribution is -2.29. The van der Waals surface area contributed by atoms with Crippen LogP contribution in [0.1, 0.15) is 32.6 Å². The minimum Gasteiger partial charge on any atom is -0.300 e. The Labute approximate surface area is 194 Å². The maximum atomic E-state index is 12.7. The highest BCUT2D eigenvalue weighted by Crippen LogP contribution is 2.35. The molecule has 2 aromatic heterocycles. The number of aromatic nitrogens is 3. The zero-order valence-corrected chi connectivity index (χ0v) is 19.1. The van der Waals surface area contributed by atoms with E-state index in [1.165, 1.54) is 39.3 Å². The third-order valence-electron chi connectivity index (χ3n) is 4.75. The van der Waals surface area contributed by atoms with E-state index in [2.05, 4.69) is 20.5 Å². The number of anilines is 2. The summed E-state index contributed by atoms with van der Waals surface area (Å²) < 4.78 is 1.56. The number of fused-ring (bicyclic) bond motifs is 2. The highest BCUT2D eigenvalue weighted by molar-refractivity contribution is 8.01. The number of carbonyl (C=O) groups excluding carboxylic acids is 3. The summed E-state index contributed by atoms with van der Waals surface area (Å²) >= 11 is 4.09. The summed E-state index contributed by atoms with van der Waals surface area (Å²) in [7, 11) is 0. The molecule has 2 aromatic carbocycles. The molecule has 5 rings (SSSR count). The van der Waals surface area contributed by atoms with Crippen molar-refractivity contribution in [2.45, 2.75) is 17.7 Å². The van der Waals surface area contributed by atoms with Gasteiger partial charge in [-0.1, -0.05) is 42.2 Å². The summed E-state index contributed by atoms with van der Waals surface area (Å²) in [5, 5.41) is 12.0. The number of hydrogen-bond donors (Lipinski definition) is 1. The SMILES string of the molecule is CCc1nnc(NC(=O)CSc2nc3ccc(N4C(=O)c5ccccc5C4=O)cc3s2)s1. The molecule has 11 heteroatoms. The first-order chi connectivity index (χ1) is 15.5. The monoisotopic (exact) mass is 481 g/mol. The molecule has 0 radical (unpaired) electrons. The zero-order chi connectivity index (χ0) is 22.2. The van der Waals surface area contributed by atoms with E-state index >= 15 is 0 Å². The lowest BCUT2D eigenvalue weighted by molar-refractivity contribution is -0.113. The highest BCUT2D eigenvalue weighted by atomic mass is 32.2. The molecule has 8 nitrogen and oxygen atoms in total. The predicted molar refractivity (Wildman–Crippen MR) is 126 cm³/mol. The first-order valence-electron chi connectivity index (χ1n) is 9.67. The van der Waals surface area contributed by atoms with Crippen LogP contribution in [-0.2, 0) is 11.2 Å². The normalized spacial score (nSPS) is 13.1. The maximum absolute atomic E-state index is 12.7. The van der Waals surface area contributed by atoms with E-state index < -0.39 is 0 Å². The second-order valence-corrected chi connectivity index (χ2v) is 10.1. The van der Waals surface area contributed by atoms with Gasteiger partial charge in [0.05, 0.1) is 32.8 Å². The van der Waals surface area contributed by atoms with Crippen LogP contribution in [0, 0.1) is 0 Å². The van der Waals surface area contributed by atoms with Crippen molar-refractivity contribution in [3.8, 4) is 0 Å². The molecule has 0 saturated carbocycles. The van der Waals surface area contributed by atoms with Gasteiger partial charge in [-0.3, -0.25) is 19.7 Å². The molecule has 4 aromatic rings. The van der Waals surface area contributed by atoms with Crippen LogP contribution in [0.2, 0.25) is 0 Å². The maximum Gasteiger partial charge on any atom is 0.266 e. The van der Waals surface area contributed by atoms with Crippen molar-refractivity contribution in [1.82, 2.24) is 15.2 Å². The van der Waals surface area contributed by atoms with Gasteiger partial charge in [-0.2, -0.15) is 0 Å². The van der Waals surface area contributed by atoms with Crippen LogP contribution in [0.4, 0.5) is 10.8 Å². The van der Waals surface area contributed by atoms with Crippen molar-refractivity contribution in [2.75, 3.05) is 16.0 Å². The Hall–Kier alpha value is -3.15. The molecule has 0 atom stereocenters. The largest absolute Gasteiger partial charge is 0.300 e. The van der Waals surface area contributed by atoms with Gasteiger partial charge in [0.15, 0.2) is 4.34 Å². The molecule has 0 saturated heterocycles. The Kier molecular flexibility index (Phi) is 5.45. The van der Waals surface area contributed by atoms with Crippen LogP contribution in [0.25, 0.3) is 10.2 Å². The van der Waals surface area contributed by atoms with Crippen molar-refractivity contribution >= 4 is 73.2 Å². The van der Waals surface area contributed by atoms with Crippen LogP contribution in [0.15, 0.2) is 46.8 Å². The summed E-state index contributed by atoms with van der Waals surface area (Å²) in [5.74, 6) is -0.654. The molecule has 0 bridgehead atoms. The summed E-state index contributed by atoms with van der Waals surface area (Å²) in [6, 6.07) is 12.1. The van der Waals surface area contributed by atoms with E-state index in [1.54, 1.807) is 42.5 Å². The topological polar surface area (TPSA) is 105 Å². The third kappa shape index (κ3) is 3.78. The molecule has 160 valence electrons. The Bertz CT molecular complexity index is 1350. The number of nitrogens with zero attached hydrogens (tertiary/aromatic N) is 4. The number of thiazole rings is 1. The average molecular weight is 482 g/mol. The van der Waals surface area contributed by atoms with Crippen molar-refractivity contribution in [1.29, 1.82) is 0 Å². The molecule has 32 heavy (non-hydrogen) atoms. The minimum atomic E-state index is -0.330. The number of hydrogen-bond acceptors (Lipinski definition) is 9. The number of benzene rings is 2. The molecule has 1 N–H and O–H groups in total. The Balaban J connectivity index is 1.30. The molecule has 0 aliphatic carbocycles. The van der Waals surface area contributed by atoms with Crippen molar-refractivity contribution in [3.63, 3.8) is 0 Å². The smallest absolute Gasteiger partial charge is 0.266 e. The fourth-order valence-corrected chi connectivity index (χ4v) is 5.84. The van der Waals surface area contributed by atoms with Gasteiger partial charge in [-0.05, 0) is 36.8 Å². The van der Waals surface area contributed by atoms with Crippen LogP contribution in [0.5, 0.6) is 0 Å². The molecule has 3 amide bonds. The van der Waals surface area contributed by atoms with Crippen LogP contribution in [-0.4, -0.2) is 38.7 Å². The number of thioether (sulfide) groups is 1. The molecule has 0 unspecified atom stereocenters. The fourth-order valence-electron chi connectivity index (χ4n) is 3.25. The fraction of sp³-hybridized carbons (Fsp3) is 0.143. The van der Waals surface area contributed by atoms with Crippen molar-refractivity contribution in [3.05, 3.63) is 58.6 Å². The molecule has 1 aliphatic heterocycles. The Morgan fingerprint density at radius 3 is 2.50 bits per heavy atom. The number of imide groups is 1. The van der Waals surface area contributed by atoms with Gasteiger partial charge in [-0.15, -0.1) is 21.5 Å². The number of aryl methyl sites for hydroxylation is 1. The average Bonchev–Trinajstić information content (AvgIpc) is 3.49. The number of rotatable bonds is 6. The second kappa shape index (κ2) is 8.41. The summed E-state index contributed by atoms with van der Waals surface area (Å²) in [4.78, 5) is 43.4. The standard InChI is InChI=1S/C21H15N5O3S3/c1-2-17-24-25-20(32-17)23-16(27)10-30-21-22-14-8-7-11(9-15(14)31-21)26-18(28)12-5-3-4-6-13(12)19(26)29/h3-9H,2,10H2,1H3,(H,23,25,27). The predicted octanol–water partition coefficient (Wildman–Crippen LogP) is 4.24. The van der Waals surface area contributed by atoms with E-state index in [9.17, 15) is 14.4 Å². The molecule has 0 fully saturated rings. The van der Waals surface area contributed by atoms with Gasteiger partial charge >= 0.3 is 0 Å². The molecule has 0 spiro atoms. The van der Waals surface area contributed by atoms with Crippen LogP contribution in [0.3, 0.4) is 0 Å². The van der Waals surface area contributed by atoms with E-state index in [0.717, 1.165) is 26.0 Å². The van der Waals surface area contributed by atoms with Crippen LogP contribution < -0.4 is 10.2 Å². The lowest BCUT2D eigenvalue weighted by atomic mass is 10.1. The quantitative estimate of drug-likeness (QED) is 0.324. The Morgan fingerprint density at radius 2 is 1.81 bits per heavy atom. The molecule has 1 aliphatic rings. The van der Waals surface area contributed by atoms with E-state index in [0.29, 0.717) is 21.9 Å². The van der Waals surface area contributed by atoms with Crippen LogP contribution >= 0.6 is 34.4 Å². The highest BCUT2D eigenvalue weighted by Gasteiger charge is 2.36. The number of carbonyl (C=O) groups is 3. The van der Waals surface area contributed by atoms with Gasteiger partial charge < -0.3 is 0 Å². The van der Waals surface area contributed by atoms with Gasteiger partial charge in [0.2, 0.25) is 11.0 Å². The van der Waals surface area contributed by atoms with Gasteiger partial charge in [-0.25, -0.2) is 9.88 Å². The number of nitrogens with one attached hydrogen (secondary N) is 1. The summed E-state index contributed by atoms with van der Waals surface area (Å²) in [6.07, 6.45) is 0.774. The third-order valence-corrected chi connectivity index (χ3v) is 7.89. The second-order valence-electron chi connectivity index (χ2n) is 6.81. The molecular formula is C21H15N5O3S3. The van der Waals surface area contributed by atoms with Crippen molar-refractivity contribution < 1.29 is 14.4 Å². The molecule has 3 heterocycles. The van der Waals surface area contributed by atoms with Gasteiger partial charge in [0, 0.05) is 0 Å². The summed E-state index contributed by atoms with van der Waals surface area (Å²) in [6.45, 7) is 1.98. The minimum absolute atomic E-state index is 0.181. The van der Waals surface area contributed by atoms with Crippen molar-refractivity contribution in [2.24, 2.45) is 0 Å². The van der Waals surface area contributed by atoms with Gasteiger partial charge in [0.25, 0.3) is 11.8 Å². The molecular weight excluding hydrogens is 466 g/mol.